The van der Waals surface area contributed by atoms with Crippen LogP contribution in [-0.2, 0) is 13.5 Å². The summed E-state index contributed by atoms with van der Waals surface area (Å²) < 4.78 is 1.74. The van der Waals surface area contributed by atoms with E-state index in [1.807, 2.05) is 13.1 Å². The smallest absolute Gasteiger partial charge is 0.337 e. The molecule has 0 spiro atoms. The number of hydrogen-bond acceptors (Lipinski definition) is 4. The van der Waals surface area contributed by atoms with Gasteiger partial charge in [-0.2, -0.15) is 5.10 Å². The van der Waals surface area contributed by atoms with Crippen LogP contribution in [0.3, 0.4) is 0 Å². The molecule has 0 saturated carbocycles. The summed E-state index contributed by atoms with van der Waals surface area (Å²) in [5.74, 6) is -1.09. The van der Waals surface area contributed by atoms with Crippen molar-refractivity contribution in [3.8, 4) is 0 Å². The first-order valence-electron chi connectivity index (χ1n) is 6.26. The molecule has 0 aliphatic rings. The van der Waals surface area contributed by atoms with Crippen LogP contribution in [0.5, 0.6) is 0 Å². The first-order valence-corrected chi connectivity index (χ1v) is 6.26. The summed E-state index contributed by atoms with van der Waals surface area (Å²) in [4.78, 5) is 26.2. The van der Waals surface area contributed by atoms with Crippen LogP contribution >= 0.6 is 0 Å². The van der Waals surface area contributed by atoms with Crippen molar-refractivity contribution in [3.63, 3.8) is 0 Å². The molecule has 0 bridgehead atoms. The van der Waals surface area contributed by atoms with Crippen molar-refractivity contribution in [3.05, 3.63) is 42.0 Å². The fourth-order valence-corrected chi connectivity index (χ4v) is 1.75. The van der Waals surface area contributed by atoms with Gasteiger partial charge in [-0.25, -0.2) is 9.59 Å². The Kier molecular flexibility index (Phi) is 4.50. The van der Waals surface area contributed by atoms with Gasteiger partial charge in [-0.3, -0.25) is 9.67 Å². The quantitative estimate of drug-likeness (QED) is 0.757. The molecule has 110 valence electrons. The first kappa shape index (κ1) is 14.5. The van der Waals surface area contributed by atoms with Gasteiger partial charge in [0.2, 0.25) is 0 Å². The van der Waals surface area contributed by atoms with Gasteiger partial charge in [0.25, 0.3) is 0 Å². The van der Waals surface area contributed by atoms with Crippen molar-refractivity contribution in [2.75, 3.05) is 11.9 Å². The number of aryl methyl sites for hydroxylation is 1. The van der Waals surface area contributed by atoms with Gasteiger partial charge in [-0.15, -0.1) is 0 Å². The first-order chi connectivity index (χ1) is 10.1. The van der Waals surface area contributed by atoms with Gasteiger partial charge in [0.05, 0.1) is 17.4 Å². The maximum Gasteiger partial charge on any atom is 0.337 e. The van der Waals surface area contributed by atoms with Crippen molar-refractivity contribution >= 4 is 17.7 Å². The Balaban J connectivity index is 1.83. The topological polar surface area (TPSA) is 109 Å². The number of hydrogen-bond donors (Lipinski definition) is 3. The standard InChI is InChI=1S/C13H15N5O3/c1-18-11(3-5-16-18)2-4-15-13(21)17-10-6-9(12(19)20)7-14-8-10/h3,5-8H,2,4H2,1H3,(H,19,20)(H2,15,17,21). The largest absolute Gasteiger partial charge is 0.478 e. The summed E-state index contributed by atoms with van der Waals surface area (Å²) in [5.41, 5.74) is 1.35. The molecule has 0 atom stereocenters. The van der Waals surface area contributed by atoms with Crippen LogP contribution < -0.4 is 10.6 Å². The summed E-state index contributed by atoms with van der Waals surface area (Å²) in [7, 11) is 1.83. The summed E-state index contributed by atoms with van der Waals surface area (Å²) in [6, 6.07) is 2.80. The lowest BCUT2D eigenvalue weighted by Crippen LogP contribution is -2.30. The van der Waals surface area contributed by atoms with Crippen molar-refractivity contribution in [1.82, 2.24) is 20.1 Å². The van der Waals surface area contributed by atoms with E-state index in [4.69, 9.17) is 5.11 Å². The minimum absolute atomic E-state index is 0.0164. The highest BCUT2D eigenvalue weighted by Crippen LogP contribution is 2.08. The third-order valence-corrected chi connectivity index (χ3v) is 2.83. The van der Waals surface area contributed by atoms with Crippen molar-refractivity contribution < 1.29 is 14.7 Å². The predicted molar refractivity (Wildman–Crippen MR) is 75.1 cm³/mol. The Morgan fingerprint density at radius 1 is 1.38 bits per heavy atom. The second-order valence-corrected chi connectivity index (χ2v) is 4.34. The van der Waals surface area contributed by atoms with Crippen molar-refractivity contribution in [2.45, 2.75) is 6.42 Å². The molecule has 0 aliphatic heterocycles. The molecule has 2 amide bonds. The summed E-state index contributed by atoms with van der Waals surface area (Å²) in [6.45, 7) is 0.442. The Morgan fingerprint density at radius 2 is 2.19 bits per heavy atom. The number of carboxylic acid groups (broad SMARTS) is 1. The highest BCUT2D eigenvalue weighted by Gasteiger charge is 2.07. The second kappa shape index (κ2) is 6.51. The SMILES string of the molecule is Cn1nccc1CCNC(=O)Nc1cncc(C(=O)O)c1. The van der Waals surface area contributed by atoms with E-state index >= 15 is 0 Å². The number of nitrogens with zero attached hydrogens (tertiary/aromatic N) is 3. The van der Waals surface area contributed by atoms with E-state index in [0.29, 0.717) is 18.7 Å². The zero-order valence-corrected chi connectivity index (χ0v) is 11.4. The van der Waals surface area contributed by atoms with Gasteiger partial charge in [0, 0.05) is 38.1 Å². The fraction of sp³-hybridized carbons (Fsp3) is 0.231. The van der Waals surface area contributed by atoms with Crippen molar-refractivity contribution in [2.24, 2.45) is 7.05 Å². The minimum Gasteiger partial charge on any atom is -0.478 e. The van der Waals surface area contributed by atoms with E-state index in [0.717, 1.165) is 5.69 Å². The number of nitrogens with one attached hydrogen (secondary N) is 2. The van der Waals surface area contributed by atoms with Gasteiger partial charge in [-0.05, 0) is 12.1 Å². The lowest BCUT2D eigenvalue weighted by Gasteiger charge is -2.08. The molecule has 2 aromatic rings. The number of carbonyl (C=O) groups excluding carboxylic acids is 1. The number of carboxylic acids is 1. The zero-order chi connectivity index (χ0) is 15.2. The minimum atomic E-state index is -1.09. The Morgan fingerprint density at radius 3 is 2.86 bits per heavy atom. The number of rotatable bonds is 5. The van der Waals surface area contributed by atoms with Crippen LogP contribution in [0, 0.1) is 0 Å². The monoisotopic (exact) mass is 289 g/mol. The predicted octanol–water partition coefficient (Wildman–Crippen LogP) is 0.877. The highest BCUT2D eigenvalue weighted by molar-refractivity contribution is 5.92. The molecule has 0 radical (unpaired) electrons. The molecule has 8 heteroatoms. The number of carbonyl (C=O) groups is 2. The molecule has 0 unspecified atom stereocenters. The molecule has 0 aliphatic carbocycles. The fourth-order valence-electron chi connectivity index (χ4n) is 1.75. The molecule has 0 aromatic carbocycles. The van der Waals surface area contributed by atoms with E-state index in [9.17, 15) is 9.59 Å². The van der Waals surface area contributed by atoms with Gasteiger partial charge in [0.15, 0.2) is 0 Å². The van der Waals surface area contributed by atoms with E-state index < -0.39 is 12.0 Å². The van der Waals surface area contributed by atoms with E-state index in [-0.39, 0.29) is 5.56 Å². The summed E-state index contributed by atoms with van der Waals surface area (Å²) in [5, 5.41) is 18.1. The number of urea groups is 1. The van der Waals surface area contributed by atoms with Crippen LogP contribution in [-0.4, -0.2) is 38.4 Å². The Labute approximate surface area is 120 Å². The highest BCUT2D eigenvalue weighted by atomic mass is 16.4. The molecule has 2 rings (SSSR count). The molecule has 0 fully saturated rings. The molecule has 3 N–H and O–H groups in total. The van der Waals surface area contributed by atoms with Gasteiger partial charge in [-0.1, -0.05) is 0 Å². The lowest BCUT2D eigenvalue weighted by atomic mass is 10.2. The Bertz CT molecular complexity index is 653. The second-order valence-electron chi connectivity index (χ2n) is 4.34. The normalized spacial score (nSPS) is 10.1. The maximum absolute atomic E-state index is 11.7. The maximum atomic E-state index is 11.7. The molecule has 2 heterocycles. The van der Waals surface area contributed by atoms with Gasteiger partial charge < -0.3 is 15.7 Å². The van der Waals surface area contributed by atoms with Crippen LogP contribution in [0.1, 0.15) is 16.1 Å². The van der Waals surface area contributed by atoms with Crippen LogP contribution in [0.2, 0.25) is 0 Å². The molecule has 2 aromatic heterocycles. The molecular formula is C13H15N5O3. The summed E-state index contributed by atoms with van der Waals surface area (Å²) >= 11 is 0. The molecular weight excluding hydrogens is 274 g/mol. The number of aromatic nitrogens is 3. The van der Waals surface area contributed by atoms with Gasteiger partial charge in [0.1, 0.15) is 0 Å². The molecule has 21 heavy (non-hydrogen) atoms. The van der Waals surface area contributed by atoms with E-state index in [2.05, 4.69) is 20.7 Å². The average Bonchev–Trinajstić information content (AvgIpc) is 2.85. The number of aromatic carboxylic acids is 1. The van der Waals surface area contributed by atoms with Gasteiger partial charge >= 0.3 is 12.0 Å². The zero-order valence-electron chi connectivity index (χ0n) is 11.4. The molecule has 8 nitrogen and oxygen atoms in total. The summed E-state index contributed by atoms with van der Waals surface area (Å²) in [6.07, 6.45) is 4.94. The third-order valence-electron chi connectivity index (χ3n) is 2.83. The molecule has 0 saturated heterocycles. The van der Waals surface area contributed by atoms with Crippen LogP contribution in [0.25, 0.3) is 0 Å². The van der Waals surface area contributed by atoms with E-state index in [1.165, 1.54) is 18.5 Å². The van der Waals surface area contributed by atoms with Crippen molar-refractivity contribution in [1.29, 1.82) is 0 Å². The van der Waals surface area contributed by atoms with Crippen LogP contribution in [0.4, 0.5) is 10.5 Å². The number of amides is 2. The Hall–Kier alpha value is -2.90. The number of anilines is 1. The average molecular weight is 289 g/mol. The van der Waals surface area contributed by atoms with E-state index in [1.54, 1.807) is 10.9 Å². The third kappa shape index (κ3) is 4.03. The van der Waals surface area contributed by atoms with Crippen LogP contribution in [0.15, 0.2) is 30.7 Å². The number of pyridine rings is 1. The lowest BCUT2D eigenvalue weighted by molar-refractivity contribution is 0.0696.